The number of hydrogen-bond donors (Lipinski definition) is 2. The Morgan fingerprint density at radius 2 is 2.19 bits per heavy atom. The maximum Gasteiger partial charge on any atom is 0.191 e. The van der Waals surface area contributed by atoms with Gasteiger partial charge in [0, 0.05) is 50.0 Å². The van der Waals surface area contributed by atoms with Crippen molar-refractivity contribution in [2.45, 2.75) is 39.3 Å². The fourth-order valence-corrected chi connectivity index (χ4v) is 4.14. The summed E-state index contributed by atoms with van der Waals surface area (Å²) >= 11 is 1.86. The number of guanidine groups is 1. The maximum absolute atomic E-state index is 4.83. The molecule has 3 rings (SSSR count). The van der Waals surface area contributed by atoms with Crippen molar-refractivity contribution in [2.75, 3.05) is 32.7 Å². The molecule has 0 unspecified atom stereocenters. The molecule has 1 saturated heterocycles. The first kappa shape index (κ1) is 19.9. The highest BCUT2D eigenvalue weighted by atomic mass is 32.1. The number of likely N-dealkylation sites (tertiary alicyclic amines) is 1. The van der Waals surface area contributed by atoms with Crippen LogP contribution in [-0.4, -0.2) is 53.4 Å². The van der Waals surface area contributed by atoms with E-state index in [1.54, 1.807) is 0 Å². The highest BCUT2D eigenvalue weighted by Crippen LogP contribution is 2.20. The lowest BCUT2D eigenvalue weighted by atomic mass is 9.97. The van der Waals surface area contributed by atoms with E-state index in [0.717, 1.165) is 45.1 Å². The molecule has 2 N–H and O–H groups in total. The summed E-state index contributed by atoms with van der Waals surface area (Å²) in [5.41, 5.74) is 0. The summed E-state index contributed by atoms with van der Waals surface area (Å²) < 4.78 is 1.97. The van der Waals surface area contributed by atoms with Crippen molar-refractivity contribution < 1.29 is 0 Å². The number of piperidine rings is 1. The van der Waals surface area contributed by atoms with E-state index in [-0.39, 0.29) is 0 Å². The molecule has 0 bridgehead atoms. The van der Waals surface area contributed by atoms with Crippen molar-refractivity contribution in [3.05, 3.63) is 40.8 Å². The van der Waals surface area contributed by atoms with Gasteiger partial charge in [0.2, 0.25) is 0 Å². The van der Waals surface area contributed by atoms with Gasteiger partial charge in [-0.05, 0) is 62.7 Å². The van der Waals surface area contributed by atoms with Crippen LogP contribution in [0, 0.1) is 5.92 Å². The van der Waals surface area contributed by atoms with Gasteiger partial charge in [0.15, 0.2) is 5.96 Å². The molecule has 0 atom stereocenters. The molecule has 7 heteroatoms. The fraction of sp³-hybridized carbons (Fsp3) is 0.600. The third-order valence-corrected chi connectivity index (χ3v) is 5.80. The van der Waals surface area contributed by atoms with Crippen LogP contribution in [-0.2, 0) is 13.1 Å². The van der Waals surface area contributed by atoms with Gasteiger partial charge in [-0.25, -0.2) is 0 Å². The van der Waals surface area contributed by atoms with Gasteiger partial charge < -0.3 is 10.6 Å². The zero-order valence-corrected chi connectivity index (χ0v) is 17.1. The maximum atomic E-state index is 4.83. The van der Waals surface area contributed by atoms with Crippen molar-refractivity contribution in [3.63, 3.8) is 0 Å². The van der Waals surface area contributed by atoms with E-state index in [9.17, 15) is 0 Å². The van der Waals surface area contributed by atoms with E-state index >= 15 is 0 Å². The summed E-state index contributed by atoms with van der Waals surface area (Å²) in [6.45, 7) is 9.24. The summed E-state index contributed by atoms with van der Waals surface area (Å²) in [7, 11) is 0. The SMILES string of the molecule is CCNC(=NCC1CCN(Cc2cccs2)CC1)NCCCn1cccn1. The Morgan fingerprint density at radius 3 is 2.89 bits per heavy atom. The molecule has 1 aliphatic heterocycles. The molecule has 0 aliphatic carbocycles. The second-order valence-corrected chi connectivity index (χ2v) is 8.10. The summed E-state index contributed by atoms with van der Waals surface area (Å²) in [4.78, 5) is 8.87. The first-order chi connectivity index (χ1) is 13.3. The molecule has 0 saturated carbocycles. The number of aromatic nitrogens is 2. The summed E-state index contributed by atoms with van der Waals surface area (Å²) in [5, 5.41) is 13.2. The Morgan fingerprint density at radius 1 is 1.30 bits per heavy atom. The largest absolute Gasteiger partial charge is 0.357 e. The molecule has 6 nitrogen and oxygen atoms in total. The molecule has 0 aromatic carbocycles. The number of aliphatic imine (C=N–C) groups is 1. The Balaban J connectivity index is 1.35. The normalized spacial score (nSPS) is 16.6. The molecule has 0 amide bonds. The van der Waals surface area contributed by atoms with Gasteiger partial charge in [-0.15, -0.1) is 11.3 Å². The van der Waals surface area contributed by atoms with Crippen molar-refractivity contribution in [3.8, 4) is 0 Å². The Hall–Kier alpha value is -1.86. The van der Waals surface area contributed by atoms with Crippen molar-refractivity contribution in [2.24, 2.45) is 10.9 Å². The zero-order chi connectivity index (χ0) is 18.7. The van der Waals surface area contributed by atoms with E-state index in [1.165, 1.54) is 30.8 Å². The molecule has 3 heterocycles. The van der Waals surface area contributed by atoms with Crippen LogP contribution in [0.1, 0.15) is 31.1 Å². The standard InChI is InChI=1S/C20H32N6S/c1-2-21-20(22-9-4-11-26-12-5-10-24-26)23-16-18-7-13-25(14-8-18)17-19-6-3-15-27-19/h3,5-6,10,12,15,18H,2,4,7-9,11,13-14,16-17H2,1H3,(H2,21,22,23). The quantitative estimate of drug-likeness (QED) is 0.394. The van der Waals surface area contributed by atoms with E-state index in [1.807, 2.05) is 34.5 Å². The number of nitrogens with zero attached hydrogens (tertiary/aromatic N) is 4. The lowest BCUT2D eigenvalue weighted by molar-refractivity contribution is 0.182. The summed E-state index contributed by atoms with van der Waals surface area (Å²) in [6, 6.07) is 6.35. The van der Waals surface area contributed by atoms with Gasteiger partial charge in [0.05, 0.1) is 0 Å². The Bertz CT molecular complexity index is 644. The molecule has 27 heavy (non-hydrogen) atoms. The first-order valence-corrected chi connectivity index (χ1v) is 11.0. The minimum atomic E-state index is 0.698. The number of hydrogen-bond acceptors (Lipinski definition) is 4. The van der Waals surface area contributed by atoms with Crippen LogP contribution in [0.25, 0.3) is 0 Å². The number of nitrogens with one attached hydrogen (secondary N) is 2. The van der Waals surface area contributed by atoms with Crippen LogP contribution >= 0.6 is 11.3 Å². The van der Waals surface area contributed by atoms with Crippen LogP contribution in [0.3, 0.4) is 0 Å². The molecular weight excluding hydrogens is 356 g/mol. The average Bonchev–Trinajstić information content (AvgIpc) is 3.38. The van der Waals surface area contributed by atoms with Gasteiger partial charge in [0.25, 0.3) is 0 Å². The minimum Gasteiger partial charge on any atom is -0.357 e. The van der Waals surface area contributed by atoms with Crippen LogP contribution in [0.4, 0.5) is 0 Å². The lowest BCUT2D eigenvalue weighted by Gasteiger charge is -2.31. The summed E-state index contributed by atoms with van der Waals surface area (Å²) in [6.07, 6.45) is 7.35. The number of thiophene rings is 1. The molecule has 148 valence electrons. The monoisotopic (exact) mass is 388 g/mol. The predicted octanol–water partition coefficient (Wildman–Crippen LogP) is 2.80. The Labute approximate surface area is 166 Å². The van der Waals surface area contributed by atoms with Gasteiger partial charge >= 0.3 is 0 Å². The van der Waals surface area contributed by atoms with E-state index in [0.29, 0.717) is 5.92 Å². The molecule has 2 aromatic heterocycles. The lowest BCUT2D eigenvalue weighted by Crippen LogP contribution is -2.39. The summed E-state index contributed by atoms with van der Waals surface area (Å²) in [5.74, 6) is 1.64. The predicted molar refractivity (Wildman–Crippen MR) is 113 cm³/mol. The van der Waals surface area contributed by atoms with Crippen LogP contribution < -0.4 is 10.6 Å². The van der Waals surface area contributed by atoms with E-state index in [2.05, 4.69) is 45.1 Å². The van der Waals surface area contributed by atoms with Gasteiger partial charge in [-0.2, -0.15) is 5.10 Å². The molecule has 0 radical (unpaired) electrons. The van der Waals surface area contributed by atoms with Crippen molar-refractivity contribution in [1.82, 2.24) is 25.3 Å². The number of rotatable bonds is 9. The van der Waals surface area contributed by atoms with Gasteiger partial charge in [-0.1, -0.05) is 6.07 Å². The molecule has 1 fully saturated rings. The smallest absolute Gasteiger partial charge is 0.191 e. The van der Waals surface area contributed by atoms with Crippen LogP contribution in [0.5, 0.6) is 0 Å². The molecule has 1 aliphatic rings. The highest BCUT2D eigenvalue weighted by molar-refractivity contribution is 7.09. The topological polar surface area (TPSA) is 57.5 Å². The van der Waals surface area contributed by atoms with E-state index < -0.39 is 0 Å². The second kappa shape index (κ2) is 11.1. The van der Waals surface area contributed by atoms with Gasteiger partial charge in [0.1, 0.15) is 0 Å². The Kier molecular flexibility index (Phi) is 8.17. The van der Waals surface area contributed by atoms with Crippen LogP contribution in [0.15, 0.2) is 41.0 Å². The third-order valence-electron chi connectivity index (χ3n) is 4.93. The highest BCUT2D eigenvalue weighted by Gasteiger charge is 2.19. The molecular formula is C20H32N6S. The molecule has 2 aromatic rings. The minimum absolute atomic E-state index is 0.698. The number of aryl methyl sites for hydroxylation is 1. The van der Waals surface area contributed by atoms with Gasteiger partial charge in [-0.3, -0.25) is 14.6 Å². The van der Waals surface area contributed by atoms with Crippen molar-refractivity contribution in [1.29, 1.82) is 0 Å². The first-order valence-electron chi connectivity index (χ1n) is 10.1. The third kappa shape index (κ3) is 6.99. The fourth-order valence-electron chi connectivity index (χ4n) is 3.39. The average molecular weight is 389 g/mol. The van der Waals surface area contributed by atoms with Crippen molar-refractivity contribution >= 4 is 17.3 Å². The molecule has 0 spiro atoms. The van der Waals surface area contributed by atoms with E-state index in [4.69, 9.17) is 4.99 Å². The van der Waals surface area contributed by atoms with Crippen LogP contribution in [0.2, 0.25) is 0 Å². The second-order valence-electron chi connectivity index (χ2n) is 7.07. The zero-order valence-electron chi connectivity index (χ0n) is 16.3.